The molecule has 0 amide bonds. The Morgan fingerprint density at radius 2 is 1.23 bits per heavy atom. The van der Waals surface area contributed by atoms with Crippen LogP contribution in [-0.2, 0) is 0 Å². The number of rotatable bonds is 5. The minimum atomic E-state index is -0.737. The predicted octanol–water partition coefficient (Wildman–Crippen LogP) is 8.82. The SMILES string of the molecule is CC[C@H]1CC[C@H](C2CCC(/C=C/[C@H]3CC[C@H](c4ccc(F)c(F)c4)CC3)CC2)CC1. The molecule has 0 saturated heterocycles. The van der Waals surface area contributed by atoms with Gasteiger partial charge in [-0.05, 0) is 117 Å². The van der Waals surface area contributed by atoms with Gasteiger partial charge in [0.1, 0.15) is 0 Å². The summed E-state index contributed by atoms with van der Waals surface area (Å²) in [6.07, 6.45) is 22.6. The summed E-state index contributed by atoms with van der Waals surface area (Å²) >= 11 is 0. The molecule has 2 heteroatoms. The lowest BCUT2D eigenvalue weighted by Crippen LogP contribution is -2.25. The summed E-state index contributed by atoms with van der Waals surface area (Å²) in [7, 11) is 0. The second-order valence-electron chi connectivity index (χ2n) is 10.5. The van der Waals surface area contributed by atoms with Gasteiger partial charge in [0.15, 0.2) is 11.6 Å². The van der Waals surface area contributed by atoms with Crippen LogP contribution in [0.25, 0.3) is 0 Å². The average Bonchev–Trinajstić information content (AvgIpc) is 2.80. The van der Waals surface area contributed by atoms with Crippen LogP contribution in [-0.4, -0.2) is 0 Å². The van der Waals surface area contributed by atoms with E-state index >= 15 is 0 Å². The number of halogens is 2. The quantitative estimate of drug-likeness (QED) is 0.422. The van der Waals surface area contributed by atoms with E-state index in [2.05, 4.69) is 19.1 Å². The zero-order valence-corrected chi connectivity index (χ0v) is 18.8. The fraction of sp³-hybridized carbons (Fsp3) is 0.714. The second-order valence-corrected chi connectivity index (χ2v) is 10.5. The molecule has 0 aromatic heterocycles. The van der Waals surface area contributed by atoms with Crippen molar-refractivity contribution in [3.63, 3.8) is 0 Å². The highest BCUT2D eigenvalue weighted by Gasteiger charge is 2.30. The molecule has 3 aliphatic carbocycles. The van der Waals surface area contributed by atoms with Crippen molar-refractivity contribution in [2.75, 3.05) is 0 Å². The Morgan fingerprint density at radius 3 is 1.77 bits per heavy atom. The van der Waals surface area contributed by atoms with Crippen molar-refractivity contribution in [1.82, 2.24) is 0 Å². The van der Waals surface area contributed by atoms with Gasteiger partial charge < -0.3 is 0 Å². The first-order chi connectivity index (χ1) is 14.6. The lowest BCUT2D eigenvalue weighted by Gasteiger charge is -2.37. The van der Waals surface area contributed by atoms with Gasteiger partial charge in [-0.25, -0.2) is 8.78 Å². The highest BCUT2D eigenvalue weighted by atomic mass is 19.2. The fourth-order valence-corrected chi connectivity index (χ4v) is 6.60. The van der Waals surface area contributed by atoms with Gasteiger partial charge in [0, 0.05) is 0 Å². The van der Waals surface area contributed by atoms with Gasteiger partial charge in [0.2, 0.25) is 0 Å². The van der Waals surface area contributed by atoms with Crippen LogP contribution >= 0.6 is 0 Å². The number of benzene rings is 1. The van der Waals surface area contributed by atoms with Crippen LogP contribution in [0.5, 0.6) is 0 Å². The Kier molecular flexibility index (Phi) is 7.65. The van der Waals surface area contributed by atoms with Gasteiger partial charge in [0.05, 0.1) is 0 Å². The average molecular weight is 415 g/mol. The molecular formula is C28H40F2. The van der Waals surface area contributed by atoms with Crippen LogP contribution in [0.3, 0.4) is 0 Å². The van der Waals surface area contributed by atoms with Crippen molar-refractivity contribution in [1.29, 1.82) is 0 Å². The van der Waals surface area contributed by atoms with E-state index in [-0.39, 0.29) is 0 Å². The summed E-state index contributed by atoms with van der Waals surface area (Å²) < 4.78 is 26.7. The van der Waals surface area contributed by atoms with Crippen molar-refractivity contribution in [3.8, 4) is 0 Å². The minimum absolute atomic E-state index is 0.392. The Balaban J connectivity index is 1.18. The van der Waals surface area contributed by atoms with Crippen molar-refractivity contribution in [2.45, 2.75) is 96.3 Å². The molecule has 3 aliphatic rings. The molecule has 3 saturated carbocycles. The molecule has 30 heavy (non-hydrogen) atoms. The molecule has 0 radical (unpaired) electrons. The first kappa shape index (κ1) is 22.0. The Labute approximate surface area is 182 Å². The monoisotopic (exact) mass is 414 g/mol. The van der Waals surface area contributed by atoms with E-state index in [9.17, 15) is 8.78 Å². The van der Waals surface area contributed by atoms with E-state index in [1.807, 2.05) is 0 Å². The van der Waals surface area contributed by atoms with Crippen LogP contribution < -0.4 is 0 Å². The standard InChI is InChI=1S/C28H40F2/c1-2-20-5-11-23(12-6-20)24-13-7-21(8-14-24)3-4-22-9-15-25(16-10-22)26-17-18-27(29)28(30)19-26/h3-4,17-25H,2,5-16H2,1H3/b4-3+/t20-,21?,22-,23-,24?,25-. The molecule has 4 rings (SSSR count). The zero-order chi connectivity index (χ0) is 20.9. The maximum Gasteiger partial charge on any atom is 0.159 e. The number of allylic oxidation sites excluding steroid dienone is 2. The number of hydrogen-bond acceptors (Lipinski definition) is 0. The molecule has 0 N–H and O–H groups in total. The summed E-state index contributed by atoms with van der Waals surface area (Å²) in [5.41, 5.74) is 0.975. The molecule has 0 atom stereocenters. The molecule has 3 fully saturated rings. The van der Waals surface area contributed by atoms with E-state index in [4.69, 9.17) is 0 Å². The fourth-order valence-electron chi connectivity index (χ4n) is 6.60. The van der Waals surface area contributed by atoms with Crippen molar-refractivity contribution < 1.29 is 8.78 Å². The summed E-state index contributed by atoms with van der Waals surface area (Å²) in [6.45, 7) is 2.36. The third-order valence-electron chi connectivity index (χ3n) is 8.79. The van der Waals surface area contributed by atoms with Crippen LogP contribution in [0, 0.1) is 41.2 Å². The van der Waals surface area contributed by atoms with Gasteiger partial charge in [0.25, 0.3) is 0 Å². The van der Waals surface area contributed by atoms with Gasteiger partial charge in [-0.3, -0.25) is 0 Å². The summed E-state index contributed by atoms with van der Waals surface area (Å²) in [6, 6.07) is 4.46. The Morgan fingerprint density at radius 1 is 0.700 bits per heavy atom. The normalized spacial score (nSPS) is 35.6. The minimum Gasteiger partial charge on any atom is -0.204 e. The summed E-state index contributed by atoms with van der Waals surface area (Å²) in [4.78, 5) is 0. The zero-order valence-electron chi connectivity index (χ0n) is 18.8. The molecule has 0 bridgehead atoms. The second kappa shape index (κ2) is 10.4. The maximum absolute atomic E-state index is 13.5. The van der Waals surface area contributed by atoms with E-state index in [0.717, 1.165) is 42.1 Å². The first-order valence-electron chi connectivity index (χ1n) is 12.8. The molecule has 166 valence electrons. The maximum atomic E-state index is 13.5. The molecule has 1 aromatic carbocycles. The molecule has 0 spiro atoms. The Hall–Kier alpha value is -1.18. The van der Waals surface area contributed by atoms with E-state index in [1.165, 1.54) is 82.8 Å². The van der Waals surface area contributed by atoms with Crippen molar-refractivity contribution in [2.24, 2.45) is 29.6 Å². The van der Waals surface area contributed by atoms with E-state index in [1.54, 1.807) is 6.07 Å². The molecular weight excluding hydrogens is 374 g/mol. The first-order valence-corrected chi connectivity index (χ1v) is 12.8. The third-order valence-corrected chi connectivity index (χ3v) is 8.79. The van der Waals surface area contributed by atoms with Crippen molar-refractivity contribution >= 4 is 0 Å². The molecule has 0 aliphatic heterocycles. The highest BCUT2D eigenvalue weighted by molar-refractivity contribution is 5.22. The molecule has 1 aromatic rings. The van der Waals surface area contributed by atoms with E-state index in [0.29, 0.717) is 11.8 Å². The molecule has 0 nitrogen and oxygen atoms in total. The molecule has 0 heterocycles. The van der Waals surface area contributed by atoms with Crippen molar-refractivity contribution in [3.05, 3.63) is 47.5 Å². The van der Waals surface area contributed by atoms with Crippen LogP contribution in [0.15, 0.2) is 30.4 Å². The van der Waals surface area contributed by atoms with Gasteiger partial charge in [-0.1, -0.05) is 44.4 Å². The largest absolute Gasteiger partial charge is 0.204 e. The van der Waals surface area contributed by atoms with Crippen LogP contribution in [0.4, 0.5) is 8.78 Å². The number of hydrogen-bond donors (Lipinski definition) is 0. The third kappa shape index (κ3) is 5.54. The topological polar surface area (TPSA) is 0 Å². The summed E-state index contributed by atoms with van der Waals surface area (Å²) in [5, 5.41) is 0. The smallest absolute Gasteiger partial charge is 0.159 e. The van der Waals surface area contributed by atoms with Gasteiger partial charge in [-0.15, -0.1) is 0 Å². The lowest BCUT2D eigenvalue weighted by atomic mass is 9.69. The highest BCUT2D eigenvalue weighted by Crippen LogP contribution is 2.43. The Bertz CT molecular complexity index is 685. The molecule has 0 unspecified atom stereocenters. The summed E-state index contributed by atoms with van der Waals surface area (Å²) in [5.74, 6) is 3.44. The van der Waals surface area contributed by atoms with E-state index < -0.39 is 11.6 Å². The van der Waals surface area contributed by atoms with Gasteiger partial charge in [-0.2, -0.15) is 0 Å². The van der Waals surface area contributed by atoms with Crippen LogP contribution in [0.2, 0.25) is 0 Å². The predicted molar refractivity (Wildman–Crippen MR) is 121 cm³/mol. The van der Waals surface area contributed by atoms with Crippen LogP contribution in [0.1, 0.15) is 102 Å². The lowest BCUT2D eigenvalue weighted by molar-refractivity contribution is 0.154. The van der Waals surface area contributed by atoms with Gasteiger partial charge >= 0.3 is 0 Å².